The van der Waals surface area contributed by atoms with E-state index < -0.39 is 0 Å². The van der Waals surface area contributed by atoms with Crippen LogP contribution in [-0.4, -0.2) is 64.5 Å². The molecule has 4 rings (SSSR count). The van der Waals surface area contributed by atoms with E-state index >= 15 is 0 Å². The summed E-state index contributed by atoms with van der Waals surface area (Å²) in [5, 5.41) is 3.00. The number of urea groups is 1. The van der Waals surface area contributed by atoms with Gasteiger partial charge in [-0.2, -0.15) is 0 Å². The predicted molar refractivity (Wildman–Crippen MR) is 113 cm³/mol. The van der Waals surface area contributed by atoms with Gasteiger partial charge in [-0.3, -0.25) is 9.21 Å². The highest BCUT2D eigenvalue weighted by Crippen LogP contribution is 2.35. The number of fused-ring (bicyclic) bond motifs is 1. The molecule has 2 aromatic rings. The Bertz CT molecular complexity index is 810. The minimum Gasteiger partial charge on any atom is -0.338 e. The number of benzene rings is 1. The van der Waals surface area contributed by atoms with Crippen molar-refractivity contribution in [3.05, 3.63) is 42.2 Å². The van der Waals surface area contributed by atoms with Crippen LogP contribution in [0.3, 0.4) is 0 Å². The molecule has 0 bridgehead atoms. The van der Waals surface area contributed by atoms with Gasteiger partial charge in [0, 0.05) is 45.1 Å². The van der Waals surface area contributed by atoms with Crippen LogP contribution in [0, 0.1) is 6.92 Å². The number of carbonyl (C=O) groups is 1. The summed E-state index contributed by atoms with van der Waals surface area (Å²) in [5.74, 6) is 0.825. The molecule has 0 spiro atoms. The summed E-state index contributed by atoms with van der Waals surface area (Å²) in [6, 6.07) is 8.02. The van der Waals surface area contributed by atoms with E-state index in [9.17, 15) is 4.79 Å². The quantitative estimate of drug-likeness (QED) is 0.595. The summed E-state index contributed by atoms with van der Waals surface area (Å²) >= 11 is 1.54. The summed E-state index contributed by atoms with van der Waals surface area (Å²) in [6.45, 7) is 7.86. The number of nitrogens with one attached hydrogen (secondary N) is 1. The summed E-state index contributed by atoms with van der Waals surface area (Å²) in [7, 11) is 0. The molecule has 8 heteroatoms. The Morgan fingerprint density at radius 1 is 1.07 bits per heavy atom. The highest BCUT2D eigenvalue weighted by atomic mass is 32.2. The number of hydrogen-bond acceptors (Lipinski definition) is 6. The number of aryl methyl sites for hydroxylation is 1. The van der Waals surface area contributed by atoms with Crippen LogP contribution in [0.15, 0.2) is 41.6 Å². The van der Waals surface area contributed by atoms with Crippen molar-refractivity contribution >= 4 is 29.6 Å². The van der Waals surface area contributed by atoms with Crippen molar-refractivity contribution in [1.29, 1.82) is 0 Å². The number of aromatic nitrogens is 2. The average molecular weight is 399 g/mol. The Hall–Kier alpha value is -2.32. The standard InChI is InChI=1S/C20H26N6OS/c1-16-5-6-18-17(15-16)23-20(27)26(28-18)10-3-2-9-24-11-13-25(14-12-24)19-21-7-4-8-22-19/h4-8,15H,2-3,9-14H2,1H3,(H,23,27). The van der Waals surface area contributed by atoms with Gasteiger partial charge in [0.1, 0.15) is 0 Å². The molecule has 0 radical (unpaired) electrons. The molecule has 1 fully saturated rings. The lowest BCUT2D eigenvalue weighted by Gasteiger charge is -2.34. The van der Waals surface area contributed by atoms with E-state index in [4.69, 9.17) is 0 Å². The minimum atomic E-state index is -0.0143. The number of nitrogens with zero attached hydrogens (tertiary/aromatic N) is 5. The lowest BCUT2D eigenvalue weighted by Crippen LogP contribution is -2.47. The highest BCUT2D eigenvalue weighted by Gasteiger charge is 2.23. The van der Waals surface area contributed by atoms with Gasteiger partial charge >= 0.3 is 6.03 Å². The lowest BCUT2D eigenvalue weighted by molar-refractivity contribution is 0.233. The number of carbonyl (C=O) groups excluding carboxylic acids is 1. The van der Waals surface area contributed by atoms with E-state index in [0.717, 1.165) is 74.2 Å². The third kappa shape index (κ3) is 4.56. The topological polar surface area (TPSA) is 64.6 Å². The van der Waals surface area contributed by atoms with Crippen molar-refractivity contribution in [1.82, 2.24) is 19.2 Å². The van der Waals surface area contributed by atoms with Crippen molar-refractivity contribution < 1.29 is 4.79 Å². The predicted octanol–water partition coefficient (Wildman–Crippen LogP) is 3.24. The molecule has 0 atom stereocenters. The van der Waals surface area contributed by atoms with Gasteiger partial charge in [-0.1, -0.05) is 6.07 Å². The molecule has 1 aromatic carbocycles. The fourth-order valence-corrected chi connectivity index (χ4v) is 4.45. The van der Waals surface area contributed by atoms with E-state index in [-0.39, 0.29) is 6.03 Å². The molecule has 0 saturated carbocycles. The van der Waals surface area contributed by atoms with Crippen molar-refractivity contribution in [3.63, 3.8) is 0 Å². The summed E-state index contributed by atoms with van der Waals surface area (Å²) < 4.78 is 1.84. The molecule has 3 heterocycles. The zero-order valence-corrected chi connectivity index (χ0v) is 17.0. The number of amides is 2. The van der Waals surface area contributed by atoms with Gasteiger partial charge in [0.05, 0.1) is 10.6 Å². The third-order valence-electron chi connectivity index (χ3n) is 5.10. The highest BCUT2D eigenvalue weighted by molar-refractivity contribution is 7.97. The second-order valence-corrected chi connectivity index (χ2v) is 8.27. The Morgan fingerprint density at radius 2 is 1.82 bits per heavy atom. The minimum absolute atomic E-state index is 0.0143. The van der Waals surface area contributed by atoms with Crippen LogP contribution in [0.25, 0.3) is 0 Å². The molecule has 2 aliphatic rings. The van der Waals surface area contributed by atoms with Gasteiger partial charge in [-0.15, -0.1) is 0 Å². The smallest absolute Gasteiger partial charge is 0.332 e. The Kier molecular flexibility index (Phi) is 5.97. The van der Waals surface area contributed by atoms with Gasteiger partial charge in [-0.05, 0) is 62.0 Å². The van der Waals surface area contributed by atoms with Gasteiger partial charge in [0.2, 0.25) is 5.95 Å². The average Bonchev–Trinajstić information content (AvgIpc) is 2.72. The van der Waals surface area contributed by atoms with E-state index in [1.807, 2.05) is 23.4 Å². The molecule has 0 unspecified atom stereocenters. The Balaban J connectivity index is 1.18. The van der Waals surface area contributed by atoms with E-state index in [1.54, 1.807) is 24.3 Å². The maximum atomic E-state index is 12.3. The molecule has 1 aromatic heterocycles. The number of piperazine rings is 1. The molecule has 0 aliphatic carbocycles. The first-order valence-electron chi connectivity index (χ1n) is 9.80. The van der Waals surface area contributed by atoms with Crippen LogP contribution < -0.4 is 10.2 Å². The van der Waals surface area contributed by atoms with Gasteiger partial charge in [0.15, 0.2) is 0 Å². The Morgan fingerprint density at radius 3 is 2.61 bits per heavy atom. The largest absolute Gasteiger partial charge is 0.338 e. The molecule has 7 nitrogen and oxygen atoms in total. The van der Waals surface area contributed by atoms with Crippen molar-refractivity contribution in [2.24, 2.45) is 0 Å². The first kappa shape index (κ1) is 19.0. The van der Waals surface area contributed by atoms with Crippen LogP contribution >= 0.6 is 11.9 Å². The first-order chi connectivity index (χ1) is 13.7. The Labute approximate surface area is 170 Å². The van der Waals surface area contributed by atoms with Crippen molar-refractivity contribution in [2.45, 2.75) is 24.7 Å². The zero-order valence-electron chi connectivity index (χ0n) is 16.2. The molecule has 2 amide bonds. The van der Waals surface area contributed by atoms with Crippen LogP contribution in [0.4, 0.5) is 16.4 Å². The number of anilines is 2. The molecule has 2 aliphatic heterocycles. The summed E-state index contributed by atoms with van der Waals surface area (Å²) in [5.41, 5.74) is 2.08. The van der Waals surface area contributed by atoms with Gasteiger partial charge in [-0.25, -0.2) is 14.8 Å². The number of rotatable bonds is 6. The van der Waals surface area contributed by atoms with Gasteiger partial charge in [0.25, 0.3) is 0 Å². The van der Waals surface area contributed by atoms with Crippen molar-refractivity contribution in [2.75, 3.05) is 49.5 Å². The molecule has 1 N–H and O–H groups in total. The second-order valence-electron chi connectivity index (χ2n) is 7.21. The number of unbranched alkanes of at least 4 members (excludes halogenated alkanes) is 1. The molecular weight excluding hydrogens is 372 g/mol. The van der Waals surface area contributed by atoms with E-state index in [1.165, 1.54) is 0 Å². The summed E-state index contributed by atoms with van der Waals surface area (Å²) in [4.78, 5) is 26.8. The second kappa shape index (κ2) is 8.79. The van der Waals surface area contributed by atoms with Crippen LogP contribution in [0.1, 0.15) is 18.4 Å². The third-order valence-corrected chi connectivity index (χ3v) is 6.23. The maximum absolute atomic E-state index is 12.3. The fourth-order valence-electron chi connectivity index (χ4n) is 3.52. The van der Waals surface area contributed by atoms with Crippen molar-refractivity contribution in [3.8, 4) is 0 Å². The number of hydrogen-bond donors (Lipinski definition) is 1. The van der Waals surface area contributed by atoms with E-state index in [0.29, 0.717) is 0 Å². The van der Waals surface area contributed by atoms with E-state index in [2.05, 4.69) is 37.2 Å². The summed E-state index contributed by atoms with van der Waals surface area (Å²) in [6.07, 6.45) is 5.68. The maximum Gasteiger partial charge on any atom is 0.332 e. The lowest BCUT2D eigenvalue weighted by atomic mass is 10.2. The zero-order chi connectivity index (χ0) is 19.3. The first-order valence-corrected chi connectivity index (χ1v) is 10.6. The van der Waals surface area contributed by atoms with Crippen LogP contribution in [0.2, 0.25) is 0 Å². The monoisotopic (exact) mass is 398 g/mol. The van der Waals surface area contributed by atoms with Crippen LogP contribution in [-0.2, 0) is 0 Å². The normalized spacial score (nSPS) is 17.4. The fraction of sp³-hybridized carbons (Fsp3) is 0.450. The molecule has 148 valence electrons. The molecular formula is C20H26N6OS. The SMILES string of the molecule is Cc1ccc2c(c1)NC(=O)N(CCCCN1CCN(c3ncccn3)CC1)S2. The van der Waals surface area contributed by atoms with Crippen LogP contribution in [0.5, 0.6) is 0 Å². The molecule has 28 heavy (non-hydrogen) atoms. The molecule has 1 saturated heterocycles. The van der Waals surface area contributed by atoms with Gasteiger partial charge < -0.3 is 10.2 Å².